The first-order chi connectivity index (χ1) is 8.16. The molecule has 1 unspecified atom stereocenters. The van der Waals surface area contributed by atoms with Crippen molar-refractivity contribution >= 4 is 17.0 Å². The lowest BCUT2D eigenvalue weighted by Gasteiger charge is -2.18. The molecular formula is C13H17N3S. The van der Waals surface area contributed by atoms with Gasteiger partial charge < -0.3 is 10.6 Å². The summed E-state index contributed by atoms with van der Waals surface area (Å²) >= 11 is 1.72. The third-order valence-electron chi connectivity index (χ3n) is 2.68. The van der Waals surface area contributed by atoms with Gasteiger partial charge in [0.05, 0.1) is 17.6 Å². The van der Waals surface area contributed by atoms with Crippen molar-refractivity contribution in [2.75, 3.05) is 11.9 Å². The molecule has 0 bridgehead atoms. The number of hydrogen-bond acceptors (Lipinski definition) is 4. The molecule has 0 spiro atoms. The first-order valence-corrected chi connectivity index (χ1v) is 6.55. The van der Waals surface area contributed by atoms with Gasteiger partial charge in [-0.15, -0.1) is 0 Å². The van der Waals surface area contributed by atoms with Gasteiger partial charge in [-0.05, 0) is 41.4 Å². The fourth-order valence-corrected chi connectivity index (χ4v) is 2.30. The average Bonchev–Trinajstić information content (AvgIpc) is 2.82. The van der Waals surface area contributed by atoms with E-state index in [0.29, 0.717) is 0 Å². The molecule has 4 heteroatoms. The number of thiophene rings is 1. The van der Waals surface area contributed by atoms with Crippen LogP contribution in [0, 0.1) is 0 Å². The van der Waals surface area contributed by atoms with Crippen LogP contribution in [0.1, 0.15) is 24.2 Å². The molecule has 3 nitrogen and oxygen atoms in total. The Labute approximate surface area is 106 Å². The smallest absolute Gasteiger partial charge is 0.0569 e. The van der Waals surface area contributed by atoms with Gasteiger partial charge in [-0.1, -0.05) is 0 Å². The fourth-order valence-electron chi connectivity index (χ4n) is 1.64. The van der Waals surface area contributed by atoms with E-state index in [9.17, 15) is 0 Å². The van der Waals surface area contributed by atoms with Crippen molar-refractivity contribution in [2.24, 2.45) is 5.73 Å². The summed E-state index contributed by atoms with van der Waals surface area (Å²) in [6.07, 6.45) is 1.88. The van der Waals surface area contributed by atoms with Gasteiger partial charge in [0.15, 0.2) is 0 Å². The lowest BCUT2D eigenvalue weighted by Crippen LogP contribution is -2.16. The fraction of sp³-hybridized carbons (Fsp3) is 0.308. The highest BCUT2D eigenvalue weighted by Crippen LogP contribution is 2.17. The zero-order valence-electron chi connectivity index (χ0n) is 10.1. The summed E-state index contributed by atoms with van der Waals surface area (Å²) in [5.74, 6) is 0. The Balaban J connectivity index is 2.06. The average molecular weight is 247 g/mol. The van der Waals surface area contributed by atoms with Gasteiger partial charge >= 0.3 is 0 Å². The van der Waals surface area contributed by atoms with Gasteiger partial charge in [-0.3, -0.25) is 4.98 Å². The lowest BCUT2D eigenvalue weighted by atomic mass is 10.2. The van der Waals surface area contributed by atoms with Gasteiger partial charge in [0.2, 0.25) is 0 Å². The minimum absolute atomic E-state index is 0.00812. The Hall–Kier alpha value is -1.39. The van der Waals surface area contributed by atoms with E-state index in [2.05, 4.69) is 39.8 Å². The van der Waals surface area contributed by atoms with Crippen LogP contribution < -0.4 is 10.6 Å². The van der Waals surface area contributed by atoms with E-state index in [-0.39, 0.29) is 6.04 Å². The van der Waals surface area contributed by atoms with Crippen molar-refractivity contribution in [3.05, 3.63) is 46.4 Å². The highest BCUT2D eigenvalue weighted by Gasteiger charge is 2.05. The Kier molecular flexibility index (Phi) is 3.76. The number of nitrogens with zero attached hydrogens (tertiary/aromatic N) is 2. The largest absolute Gasteiger partial charge is 0.369 e. The number of nitrogens with two attached hydrogens (primary N) is 1. The number of anilines is 1. The highest BCUT2D eigenvalue weighted by molar-refractivity contribution is 7.07. The number of rotatable bonds is 4. The SMILES string of the molecule is CC(N)c1ccc(N(C)Cc2ccsc2)cn1. The third-order valence-corrected chi connectivity index (χ3v) is 3.41. The molecule has 0 fully saturated rings. The van der Waals surface area contributed by atoms with Crippen LogP contribution in [-0.4, -0.2) is 12.0 Å². The molecule has 90 valence electrons. The topological polar surface area (TPSA) is 42.1 Å². The maximum absolute atomic E-state index is 5.77. The summed E-state index contributed by atoms with van der Waals surface area (Å²) in [5.41, 5.74) is 9.14. The monoisotopic (exact) mass is 247 g/mol. The standard InChI is InChI=1S/C13H17N3S/c1-10(14)13-4-3-12(7-15-13)16(2)8-11-5-6-17-9-11/h3-7,9-10H,8,14H2,1-2H3. The van der Waals surface area contributed by atoms with Crippen molar-refractivity contribution < 1.29 is 0 Å². The van der Waals surface area contributed by atoms with Crippen molar-refractivity contribution in [1.29, 1.82) is 0 Å². The molecular weight excluding hydrogens is 230 g/mol. The summed E-state index contributed by atoms with van der Waals surface area (Å²) in [4.78, 5) is 6.55. The van der Waals surface area contributed by atoms with Crippen molar-refractivity contribution in [3.63, 3.8) is 0 Å². The Morgan fingerprint density at radius 2 is 2.24 bits per heavy atom. The summed E-state index contributed by atoms with van der Waals surface area (Å²) in [7, 11) is 2.07. The van der Waals surface area contributed by atoms with Gasteiger partial charge in [0.25, 0.3) is 0 Å². The molecule has 0 aliphatic carbocycles. The first-order valence-electron chi connectivity index (χ1n) is 5.60. The predicted molar refractivity (Wildman–Crippen MR) is 73.3 cm³/mol. The zero-order valence-corrected chi connectivity index (χ0v) is 10.9. The summed E-state index contributed by atoms with van der Waals surface area (Å²) in [6.45, 7) is 2.85. The zero-order chi connectivity index (χ0) is 12.3. The van der Waals surface area contributed by atoms with Gasteiger partial charge in [-0.25, -0.2) is 0 Å². The maximum atomic E-state index is 5.77. The van der Waals surface area contributed by atoms with E-state index in [1.165, 1.54) is 5.56 Å². The highest BCUT2D eigenvalue weighted by atomic mass is 32.1. The van der Waals surface area contributed by atoms with Gasteiger partial charge in [0.1, 0.15) is 0 Å². The van der Waals surface area contributed by atoms with Crippen LogP contribution in [0.3, 0.4) is 0 Å². The molecule has 2 heterocycles. The second-order valence-corrected chi connectivity index (χ2v) is 5.00. The molecule has 0 radical (unpaired) electrons. The molecule has 0 saturated heterocycles. The molecule has 2 N–H and O–H groups in total. The van der Waals surface area contributed by atoms with E-state index in [0.717, 1.165) is 17.9 Å². The van der Waals surface area contributed by atoms with Crippen molar-refractivity contribution in [3.8, 4) is 0 Å². The summed E-state index contributed by atoms with van der Waals surface area (Å²) in [5, 5.41) is 4.26. The van der Waals surface area contributed by atoms with E-state index in [1.54, 1.807) is 11.3 Å². The van der Waals surface area contributed by atoms with Crippen LogP contribution >= 0.6 is 11.3 Å². The van der Waals surface area contributed by atoms with E-state index in [1.807, 2.05) is 19.2 Å². The molecule has 1 atom stereocenters. The maximum Gasteiger partial charge on any atom is 0.0569 e. The lowest BCUT2D eigenvalue weighted by molar-refractivity contribution is 0.779. The van der Waals surface area contributed by atoms with Crippen LogP contribution in [0.25, 0.3) is 0 Å². The molecule has 2 aromatic rings. The molecule has 0 amide bonds. The molecule has 2 rings (SSSR count). The molecule has 0 aromatic carbocycles. The minimum atomic E-state index is -0.00812. The Bertz CT molecular complexity index is 448. The van der Waals surface area contributed by atoms with Crippen LogP contribution in [0.5, 0.6) is 0 Å². The second-order valence-electron chi connectivity index (χ2n) is 4.22. The summed E-state index contributed by atoms with van der Waals surface area (Å²) in [6, 6.07) is 6.19. The molecule has 0 aliphatic heterocycles. The van der Waals surface area contributed by atoms with Gasteiger partial charge in [-0.2, -0.15) is 11.3 Å². The molecule has 17 heavy (non-hydrogen) atoms. The quantitative estimate of drug-likeness (QED) is 0.903. The Morgan fingerprint density at radius 1 is 1.41 bits per heavy atom. The second kappa shape index (κ2) is 5.29. The normalized spacial score (nSPS) is 12.4. The molecule has 2 aromatic heterocycles. The van der Waals surface area contributed by atoms with Crippen LogP contribution in [0.4, 0.5) is 5.69 Å². The van der Waals surface area contributed by atoms with Crippen molar-refractivity contribution in [1.82, 2.24) is 4.98 Å². The van der Waals surface area contributed by atoms with Gasteiger partial charge in [0, 0.05) is 19.6 Å². The number of hydrogen-bond donors (Lipinski definition) is 1. The number of pyridine rings is 1. The Morgan fingerprint density at radius 3 is 2.76 bits per heavy atom. The van der Waals surface area contributed by atoms with Crippen LogP contribution in [0.15, 0.2) is 35.2 Å². The first kappa shape index (κ1) is 12.1. The van der Waals surface area contributed by atoms with Crippen LogP contribution in [-0.2, 0) is 6.54 Å². The van der Waals surface area contributed by atoms with E-state index < -0.39 is 0 Å². The predicted octanol–water partition coefficient (Wildman–Crippen LogP) is 2.80. The van der Waals surface area contributed by atoms with Crippen molar-refractivity contribution in [2.45, 2.75) is 19.5 Å². The third kappa shape index (κ3) is 3.05. The van der Waals surface area contributed by atoms with E-state index >= 15 is 0 Å². The molecule has 0 aliphatic rings. The minimum Gasteiger partial charge on any atom is -0.369 e. The van der Waals surface area contributed by atoms with E-state index in [4.69, 9.17) is 5.73 Å². The summed E-state index contributed by atoms with van der Waals surface area (Å²) < 4.78 is 0. The van der Waals surface area contributed by atoms with Crippen LogP contribution in [0.2, 0.25) is 0 Å². The number of aromatic nitrogens is 1. The molecule has 0 saturated carbocycles.